The molecule has 0 amide bonds. The molecule has 0 heterocycles. The highest BCUT2D eigenvalue weighted by atomic mass is 31.2. The monoisotopic (exact) mass is 278 g/mol. The molecule has 6 N–H and O–H groups in total. The Kier molecular flexibility index (Phi) is 5.52. The average molecular weight is 278 g/mol. The van der Waals surface area contributed by atoms with Crippen LogP contribution in [0.2, 0.25) is 0 Å². The van der Waals surface area contributed by atoms with Gasteiger partial charge >= 0.3 is 7.82 Å². The molecule has 98 valence electrons. The number of rotatable bonds is 1. The third kappa shape index (κ3) is 5.61. The van der Waals surface area contributed by atoms with Crippen LogP contribution in [0.1, 0.15) is 0 Å². The molecule has 0 aliphatic heterocycles. The van der Waals surface area contributed by atoms with Gasteiger partial charge in [-0.3, -0.25) is 5.84 Å². The molecule has 0 aliphatic carbocycles. The minimum absolute atomic E-state index is 0.202. The fourth-order valence-electron chi connectivity index (χ4n) is 0.699. The number of benzene rings is 1. The molecule has 0 bridgehead atoms. The van der Waals surface area contributed by atoms with Crippen molar-refractivity contribution < 1.29 is 36.8 Å². The number of anilines is 1. The third-order valence-corrected chi connectivity index (χ3v) is 1.26. The van der Waals surface area contributed by atoms with E-state index in [9.17, 15) is 17.6 Å². The maximum absolute atomic E-state index is 12.5. The van der Waals surface area contributed by atoms with E-state index in [0.29, 0.717) is 0 Å². The Balaban J connectivity index is 0.000000437. The lowest BCUT2D eigenvalue weighted by Crippen LogP contribution is -2.12. The van der Waals surface area contributed by atoms with Crippen molar-refractivity contribution in [1.82, 2.24) is 0 Å². The molecular formula is C6H7F4N2O4P. The second-order valence-electron chi connectivity index (χ2n) is 2.50. The van der Waals surface area contributed by atoms with E-state index in [2.05, 4.69) is 5.84 Å². The first kappa shape index (κ1) is 15.8. The molecule has 0 aliphatic rings. The van der Waals surface area contributed by atoms with Crippen molar-refractivity contribution in [3.05, 3.63) is 29.3 Å². The van der Waals surface area contributed by atoms with Crippen molar-refractivity contribution in [3.63, 3.8) is 0 Å². The number of nitrogen functional groups attached to an aromatic ring is 1. The first-order valence-electron chi connectivity index (χ1n) is 3.65. The summed E-state index contributed by atoms with van der Waals surface area (Å²) in [5.41, 5.74) is 0.680. The molecule has 0 atom stereocenters. The zero-order valence-corrected chi connectivity index (χ0v) is 8.76. The number of halogens is 4. The predicted molar refractivity (Wildman–Crippen MR) is 48.3 cm³/mol. The zero-order chi connectivity index (χ0) is 13.8. The Labute approximate surface area is 91.9 Å². The third-order valence-electron chi connectivity index (χ3n) is 1.26. The molecule has 17 heavy (non-hydrogen) atoms. The summed E-state index contributed by atoms with van der Waals surface area (Å²) >= 11 is 0. The minimum atomic E-state index is -4.64. The summed E-state index contributed by atoms with van der Waals surface area (Å²) in [6, 6.07) is 0.202. The van der Waals surface area contributed by atoms with Crippen LogP contribution in [0.15, 0.2) is 6.07 Å². The van der Waals surface area contributed by atoms with Gasteiger partial charge in [-0.05, 0) is 0 Å². The van der Waals surface area contributed by atoms with Gasteiger partial charge in [-0.25, -0.2) is 22.1 Å². The summed E-state index contributed by atoms with van der Waals surface area (Å²) in [7, 11) is -4.64. The highest BCUT2D eigenvalue weighted by Gasteiger charge is 2.17. The topological polar surface area (TPSA) is 116 Å². The fraction of sp³-hybridized carbons (Fsp3) is 0. The van der Waals surface area contributed by atoms with Gasteiger partial charge in [0, 0.05) is 6.07 Å². The van der Waals surface area contributed by atoms with Gasteiger partial charge in [0.1, 0.15) is 5.69 Å². The largest absolute Gasteiger partial charge is 0.466 e. The Bertz CT molecular complexity index is 444. The number of nitrogens with two attached hydrogens (primary N) is 1. The number of hydrazine groups is 1. The fourth-order valence-corrected chi connectivity index (χ4v) is 0.699. The van der Waals surface area contributed by atoms with Crippen molar-refractivity contribution >= 4 is 13.5 Å². The molecule has 6 nitrogen and oxygen atoms in total. The highest BCUT2D eigenvalue weighted by Crippen LogP contribution is 2.25. The summed E-state index contributed by atoms with van der Waals surface area (Å²) in [6.07, 6.45) is 0. The van der Waals surface area contributed by atoms with E-state index >= 15 is 0 Å². The van der Waals surface area contributed by atoms with Crippen LogP contribution in [0.3, 0.4) is 0 Å². The number of hydrogen-bond acceptors (Lipinski definition) is 3. The van der Waals surface area contributed by atoms with Crippen molar-refractivity contribution in [2.75, 3.05) is 5.43 Å². The Morgan fingerprint density at radius 3 is 1.82 bits per heavy atom. The summed E-state index contributed by atoms with van der Waals surface area (Å²) in [4.78, 5) is 21.6. The Morgan fingerprint density at radius 1 is 1.06 bits per heavy atom. The molecule has 0 fully saturated rings. The molecule has 0 saturated carbocycles. The van der Waals surface area contributed by atoms with Gasteiger partial charge in [0.05, 0.1) is 0 Å². The highest BCUT2D eigenvalue weighted by molar-refractivity contribution is 7.45. The average Bonchev–Trinajstić information content (AvgIpc) is 2.12. The summed E-state index contributed by atoms with van der Waals surface area (Å²) < 4.78 is 58.5. The molecule has 0 spiro atoms. The van der Waals surface area contributed by atoms with Crippen LogP contribution in [-0.2, 0) is 4.57 Å². The van der Waals surface area contributed by atoms with E-state index in [-0.39, 0.29) is 6.07 Å². The van der Waals surface area contributed by atoms with E-state index in [0.717, 1.165) is 0 Å². The van der Waals surface area contributed by atoms with Crippen molar-refractivity contribution in [1.29, 1.82) is 0 Å². The lowest BCUT2D eigenvalue weighted by molar-refractivity contribution is 0.275. The standard InChI is InChI=1S/C6H4F4N2.H3O4P/c7-2-1-3(8)6(12-11)5(10)4(2)9;1-5(2,3)4/h1,12H,11H2;(H3,1,2,3,4). The van der Waals surface area contributed by atoms with E-state index < -0.39 is 36.8 Å². The van der Waals surface area contributed by atoms with Crippen LogP contribution in [0.5, 0.6) is 0 Å². The SMILES string of the molecule is NNc1c(F)cc(F)c(F)c1F.O=P(O)(O)O. The second kappa shape index (κ2) is 5.94. The normalized spacial score (nSPS) is 10.6. The molecule has 11 heteroatoms. The van der Waals surface area contributed by atoms with Gasteiger partial charge in [0.25, 0.3) is 0 Å². The lowest BCUT2D eigenvalue weighted by Gasteiger charge is -2.04. The van der Waals surface area contributed by atoms with E-state index in [1.807, 2.05) is 0 Å². The van der Waals surface area contributed by atoms with E-state index in [4.69, 9.17) is 19.2 Å². The zero-order valence-electron chi connectivity index (χ0n) is 7.86. The minimum Gasteiger partial charge on any atom is -0.319 e. The van der Waals surface area contributed by atoms with E-state index in [1.165, 1.54) is 0 Å². The van der Waals surface area contributed by atoms with Gasteiger partial charge in [-0.2, -0.15) is 0 Å². The van der Waals surface area contributed by atoms with Crippen LogP contribution >= 0.6 is 7.82 Å². The molecule has 0 saturated heterocycles. The van der Waals surface area contributed by atoms with Crippen molar-refractivity contribution in [3.8, 4) is 0 Å². The molecule has 1 aromatic carbocycles. The molecule has 0 unspecified atom stereocenters. The number of nitrogens with one attached hydrogen (secondary N) is 1. The van der Waals surface area contributed by atoms with Gasteiger partial charge in [-0.1, -0.05) is 0 Å². The van der Waals surface area contributed by atoms with Crippen LogP contribution in [0.4, 0.5) is 23.2 Å². The smallest absolute Gasteiger partial charge is 0.319 e. The second-order valence-corrected chi connectivity index (χ2v) is 3.53. The van der Waals surface area contributed by atoms with Crippen LogP contribution < -0.4 is 11.3 Å². The molecule has 1 rings (SSSR count). The maximum atomic E-state index is 12.5. The number of hydrogen-bond donors (Lipinski definition) is 5. The van der Waals surface area contributed by atoms with Gasteiger partial charge < -0.3 is 20.1 Å². The van der Waals surface area contributed by atoms with E-state index in [1.54, 1.807) is 5.43 Å². The summed E-state index contributed by atoms with van der Waals surface area (Å²) in [5.74, 6) is -1.66. The first-order valence-corrected chi connectivity index (χ1v) is 5.22. The summed E-state index contributed by atoms with van der Waals surface area (Å²) in [6.45, 7) is 0. The molecule has 0 aromatic heterocycles. The van der Waals surface area contributed by atoms with Crippen LogP contribution in [-0.4, -0.2) is 14.7 Å². The maximum Gasteiger partial charge on any atom is 0.466 e. The Hall–Kier alpha value is -1.19. The first-order chi connectivity index (χ1) is 7.57. The molecular weight excluding hydrogens is 271 g/mol. The Morgan fingerprint density at radius 2 is 1.47 bits per heavy atom. The van der Waals surface area contributed by atoms with Crippen molar-refractivity contribution in [2.45, 2.75) is 0 Å². The van der Waals surface area contributed by atoms with Crippen molar-refractivity contribution in [2.24, 2.45) is 5.84 Å². The van der Waals surface area contributed by atoms with Gasteiger partial charge in [-0.15, -0.1) is 0 Å². The number of phosphoric acid groups is 1. The van der Waals surface area contributed by atoms with Gasteiger partial charge in [0.2, 0.25) is 0 Å². The predicted octanol–water partition coefficient (Wildman–Crippen LogP) is 0.600. The van der Waals surface area contributed by atoms with Gasteiger partial charge in [0.15, 0.2) is 23.3 Å². The quantitative estimate of drug-likeness (QED) is 0.128. The van der Waals surface area contributed by atoms with Crippen LogP contribution in [0.25, 0.3) is 0 Å². The lowest BCUT2D eigenvalue weighted by atomic mass is 10.2. The molecule has 1 aromatic rings. The van der Waals surface area contributed by atoms with Crippen LogP contribution in [0, 0.1) is 23.3 Å². The summed E-state index contributed by atoms with van der Waals surface area (Å²) in [5, 5.41) is 0. The molecule has 0 radical (unpaired) electrons.